The number of β-lactam (4-membered cyclic amide) rings is 1. The van der Waals surface area contributed by atoms with Gasteiger partial charge >= 0.3 is 5.97 Å². The summed E-state index contributed by atoms with van der Waals surface area (Å²) >= 11 is 7.21. The Kier molecular flexibility index (Phi) is 3.84. The molecule has 22 heavy (non-hydrogen) atoms. The number of nitrogens with zero attached hydrogens (tertiary/aromatic N) is 1. The highest BCUT2D eigenvalue weighted by Crippen LogP contribution is 2.41. The number of hydrogen-bond acceptors (Lipinski definition) is 4. The molecule has 0 saturated carbocycles. The smallest absolute Gasteiger partial charge is 0.353 e. The molecular weight excluding hydrogens is 328 g/mol. The average Bonchev–Trinajstić information content (AvgIpc) is 2.52. The predicted octanol–water partition coefficient (Wildman–Crippen LogP) is 1.24. The quantitative estimate of drug-likeness (QED) is 0.810. The van der Waals surface area contributed by atoms with Gasteiger partial charge in [-0.1, -0.05) is 29.8 Å². The lowest BCUT2D eigenvalue weighted by Crippen LogP contribution is -2.70. The van der Waals surface area contributed by atoms with E-state index in [0.717, 1.165) is 4.90 Å². The summed E-state index contributed by atoms with van der Waals surface area (Å²) in [5, 5.41) is 11.5. The standard InChI is InChI=1S/C14H11ClN2O4S/c15-8-6-22-13-9(12(19)17(13)10(8)14(20)21)16-11(18)7-4-2-1-3-5-7/h1-5,9,13H,6H2,(H,16,18)(H,20,21)/t9?,13-/m0/s1. The van der Waals surface area contributed by atoms with Gasteiger partial charge in [0, 0.05) is 11.3 Å². The molecule has 2 heterocycles. The van der Waals surface area contributed by atoms with E-state index in [1.165, 1.54) is 11.8 Å². The molecule has 2 amide bonds. The number of nitrogens with one attached hydrogen (secondary N) is 1. The summed E-state index contributed by atoms with van der Waals surface area (Å²) in [4.78, 5) is 36.6. The molecule has 1 fully saturated rings. The summed E-state index contributed by atoms with van der Waals surface area (Å²) in [7, 11) is 0. The molecule has 6 nitrogen and oxygen atoms in total. The van der Waals surface area contributed by atoms with Crippen LogP contribution in [0.15, 0.2) is 41.1 Å². The third-order valence-corrected chi connectivity index (χ3v) is 5.20. The molecule has 1 aromatic rings. The Labute approximate surface area is 135 Å². The van der Waals surface area contributed by atoms with Crippen molar-refractivity contribution in [3.05, 3.63) is 46.6 Å². The second-order valence-corrected chi connectivity index (χ2v) is 6.35. The lowest BCUT2D eigenvalue weighted by atomic mass is 10.0. The number of carboxylic acids is 1. The first kappa shape index (κ1) is 14.9. The van der Waals surface area contributed by atoms with Crippen LogP contribution in [0.25, 0.3) is 0 Å². The van der Waals surface area contributed by atoms with Gasteiger partial charge < -0.3 is 10.4 Å². The number of amides is 2. The van der Waals surface area contributed by atoms with E-state index in [1.807, 2.05) is 0 Å². The molecule has 0 radical (unpaired) electrons. The van der Waals surface area contributed by atoms with Crippen molar-refractivity contribution in [2.45, 2.75) is 11.4 Å². The number of thioether (sulfide) groups is 1. The van der Waals surface area contributed by atoms with Gasteiger partial charge in [0.25, 0.3) is 11.8 Å². The van der Waals surface area contributed by atoms with E-state index in [4.69, 9.17) is 16.7 Å². The highest BCUT2D eigenvalue weighted by molar-refractivity contribution is 8.00. The molecule has 2 N–H and O–H groups in total. The van der Waals surface area contributed by atoms with Crippen molar-refractivity contribution in [3.8, 4) is 0 Å². The number of aliphatic carboxylic acids is 1. The third-order valence-electron chi connectivity index (χ3n) is 3.45. The van der Waals surface area contributed by atoms with Gasteiger partial charge in [-0.3, -0.25) is 14.5 Å². The first-order valence-corrected chi connectivity index (χ1v) is 7.86. The zero-order valence-corrected chi connectivity index (χ0v) is 12.7. The number of carbonyl (C=O) groups is 3. The van der Waals surface area contributed by atoms with Crippen LogP contribution >= 0.6 is 23.4 Å². The lowest BCUT2D eigenvalue weighted by Gasteiger charge is -2.48. The molecule has 114 valence electrons. The number of rotatable bonds is 3. The van der Waals surface area contributed by atoms with Crippen LogP contribution in [0.3, 0.4) is 0 Å². The molecule has 1 unspecified atom stereocenters. The van der Waals surface area contributed by atoms with Crippen molar-refractivity contribution in [2.75, 3.05) is 5.75 Å². The average molecular weight is 339 g/mol. The Morgan fingerprint density at radius 3 is 2.64 bits per heavy atom. The van der Waals surface area contributed by atoms with E-state index < -0.39 is 23.3 Å². The van der Waals surface area contributed by atoms with E-state index in [1.54, 1.807) is 30.3 Å². The van der Waals surface area contributed by atoms with Crippen molar-refractivity contribution >= 4 is 41.1 Å². The minimum atomic E-state index is -1.24. The van der Waals surface area contributed by atoms with Crippen LogP contribution in [-0.4, -0.2) is 45.0 Å². The zero-order valence-electron chi connectivity index (χ0n) is 11.2. The first-order chi connectivity index (χ1) is 10.5. The molecule has 0 bridgehead atoms. The molecule has 1 aromatic carbocycles. The van der Waals surface area contributed by atoms with E-state index in [9.17, 15) is 14.4 Å². The molecular formula is C14H11ClN2O4S. The summed E-state index contributed by atoms with van der Waals surface area (Å²) in [6.07, 6.45) is 0. The van der Waals surface area contributed by atoms with Crippen molar-refractivity contribution < 1.29 is 19.5 Å². The Balaban J connectivity index is 1.76. The van der Waals surface area contributed by atoms with Crippen LogP contribution in [-0.2, 0) is 9.59 Å². The normalized spacial score (nSPS) is 23.7. The fourth-order valence-corrected chi connectivity index (χ4v) is 3.95. The minimum absolute atomic E-state index is 0.134. The molecule has 0 aromatic heterocycles. The predicted molar refractivity (Wildman–Crippen MR) is 81.3 cm³/mol. The molecule has 8 heteroatoms. The number of benzene rings is 1. The van der Waals surface area contributed by atoms with Crippen molar-refractivity contribution in [1.29, 1.82) is 0 Å². The number of fused-ring (bicyclic) bond motifs is 1. The Hall–Kier alpha value is -1.99. The largest absolute Gasteiger partial charge is 0.477 e. The summed E-state index contributed by atoms with van der Waals surface area (Å²) in [6.45, 7) is 0. The van der Waals surface area contributed by atoms with Crippen LogP contribution in [0.4, 0.5) is 0 Å². The minimum Gasteiger partial charge on any atom is -0.477 e. The molecule has 0 aliphatic carbocycles. The fourth-order valence-electron chi connectivity index (χ4n) is 2.40. The second-order valence-electron chi connectivity index (χ2n) is 4.79. The number of carbonyl (C=O) groups excluding carboxylic acids is 2. The molecule has 3 rings (SSSR count). The van der Waals surface area contributed by atoms with E-state index in [0.29, 0.717) is 11.3 Å². The summed E-state index contributed by atoms with van der Waals surface area (Å²) in [5.74, 6) is -1.76. The van der Waals surface area contributed by atoms with E-state index in [-0.39, 0.29) is 16.6 Å². The van der Waals surface area contributed by atoms with E-state index >= 15 is 0 Å². The fraction of sp³-hybridized carbons (Fsp3) is 0.214. The third kappa shape index (κ3) is 2.36. The van der Waals surface area contributed by atoms with Crippen LogP contribution in [0.5, 0.6) is 0 Å². The van der Waals surface area contributed by atoms with Crippen molar-refractivity contribution in [1.82, 2.24) is 10.2 Å². The summed E-state index contributed by atoms with van der Waals surface area (Å²) in [6, 6.07) is 7.79. The van der Waals surface area contributed by atoms with Crippen molar-refractivity contribution in [3.63, 3.8) is 0 Å². The van der Waals surface area contributed by atoms with Crippen molar-refractivity contribution in [2.24, 2.45) is 0 Å². The SMILES string of the molecule is O=C(O)C1=C(Cl)CS[C@H]2C(NC(=O)c3ccccc3)C(=O)N12. The second kappa shape index (κ2) is 5.66. The maximum atomic E-state index is 12.2. The van der Waals surface area contributed by atoms with Crippen LogP contribution < -0.4 is 5.32 Å². The zero-order chi connectivity index (χ0) is 15.9. The van der Waals surface area contributed by atoms with Crippen LogP contribution in [0.2, 0.25) is 0 Å². The maximum Gasteiger partial charge on any atom is 0.353 e. The number of hydrogen-bond donors (Lipinski definition) is 2. The number of carboxylic acid groups (broad SMARTS) is 1. The Morgan fingerprint density at radius 2 is 2.00 bits per heavy atom. The number of halogens is 1. The van der Waals surface area contributed by atoms with Gasteiger partial charge in [0.15, 0.2) is 0 Å². The van der Waals surface area contributed by atoms with E-state index in [2.05, 4.69) is 5.32 Å². The molecule has 2 atom stereocenters. The molecule has 2 aliphatic rings. The monoisotopic (exact) mass is 338 g/mol. The van der Waals surface area contributed by atoms with Crippen LogP contribution in [0, 0.1) is 0 Å². The Bertz CT molecular complexity index is 691. The maximum absolute atomic E-state index is 12.2. The lowest BCUT2D eigenvalue weighted by molar-refractivity contribution is -0.148. The van der Waals surface area contributed by atoms with Gasteiger partial charge in [0.2, 0.25) is 0 Å². The van der Waals surface area contributed by atoms with Gasteiger partial charge in [0.1, 0.15) is 17.1 Å². The first-order valence-electron chi connectivity index (χ1n) is 6.43. The molecule has 2 aliphatic heterocycles. The topological polar surface area (TPSA) is 86.7 Å². The highest BCUT2D eigenvalue weighted by Gasteiger charge is 2.54. The molecule has 1 saturated heterocycles. The van der Waals surface area contributed by atoms with Gasteiger partial charge in [-0.15, -0.1) is 11.8 Å². The molecule has 0 spiro atoms. The van der Waals surface area contributed by atoms with Crippen LogP contribution in [0.1, 0.15) is 10.4 Å². The summed E-state index contributed by atoms with van der Waals surface area (Å²) in [5.41, 5.74) is 0.252. The van der Waals surface area contributed by atoms with Gasteiger partial charge in [0.05, 0.1) is 5.03 Å². The summed E-state index contributed by atoms with van der Waals surface area (Å²) < 4.78 is 0. The van der Waals surface area contributed by atoms with Gasteiger partial charge in [-0.2, -0.15) is 0 Å². The van der Waals surface area contributed by atoms with Gasteiger partial charge in [-0.05, 0) is 12.1 Å². The van der Waals surface area contributed by atoms with Gasteiger partial charge in [-0.25, -0.2) is 4.79 Å². The highest BCUT2D eigenvalue weighted by atomic mass is 35.5. The Morgan fingerprint density at radius 1 is 1.32 bits per heavy atom.